The molecule has 1 aliphatic heterocycles. The van der Waals surface area contributed by atoms with Crippen LogP contribution in [0.5, 0.6) is 0 Å². The van der Waals surface area contributed by atoms with Crippen molar-refractivity contribution in [2.75, 3.05) is 26.3 Å². The van der Waals surface area contributed by atoms with Crippen LogP contribution in [0.15, 0.2) is 24.3 Å². The molecule has 0 saturated carbocycles. The maximum Gasteiger partial charge on any atom is 0.241 e. The Hall–Kier alpha value is -2.45. The van der Waals surface area contributed by atoms with E-state index in [4.69, 9.17) is 11.0 Å². The highest BCUT2D eigenvalue weighted by Crippen LogP contribution is 2.28. The Morgan fingerprint density at radius 3 is 2.34 bits per heavy atom. The summed E-state index contributed by atoms with van der Waals surface area (Å²) in [5, 5.41) is 18.2. The van der Waals surface area contributed by atoms with Gasteiger partial charge in [0.2, 0.25) is 5.91 Å². The molecular weight excluding hydrogens is 400 g/mol. The summed E-state index contributed by atoms with van der Waals surface area (Å²) >= 11 is 0. The molecule has 1 heterocycles. The maximum atomic E-state index is 12.9. The molecule has 0 bridgehead atoms. The second-order valence-electron chi connectivity index (χ2n) is 8.11. The minimum absolute atomic E-state index is 0.155. The lowest BCUT2D eigenvalue weighted by Gasteiger charge is -2.30. The minimum atomic E-state index is -0.643. The number of nitrogens with two attached hydrogens (primary N) is 1. The first-order chi connectivity index (χ1) is 15.4. The fourth-order valence-electron chi connectivity index (χ4n) is 4.14. The van der Waals surface area contributed by atoms with E-state index in [0.29, 0.717) is 24.7 Å². The van der Waals surface area contributed by atoms with Crippen molar-refractivity contribution in [1.29, 1.82) is 10.5 Å². The topological polar surface area (TPSA) is 100 Å². The molecule has 2 rings (SSSR count). The molecule has 0 aromatic heterocycles. The number of nitrogens with zero attached hydrogens (tertiary/aromatic N) is 5. The van der Waals surface area contributed by atoms with Gasteiger partial charge in [0, 0.05) is 31.7 Å². The molecule has 176 valence electrons. The van der Waals surface area contributed by atoms with Crippen molar-refractivity contribution in [2.24, 2.45) is 5.73 Å². The lowest BCUT2D eigenvalue weighted by atomic mass is 10.0. The van der Waals surface area contributed by atoms with E-state index in [0.717, 1.165) is 26.1 Å². The molecule has 7 heteroatoms. The van der Waals surface area contributed by atoms with Crippen LogP contribution >= 0.6 is 0 Å². The highest BCUT2D eigenvalue weighted by Gasteiger charge is 2.35. The number of benzene rings is 1. The van der Waals surface area contributed by atoms with E-state index >= 15 is 0 Å². The molecule has 1 fully saturated rings. The van der Waals surface area contributed by atoms with Gasteiger partial charge in [0.15, 0.2) is 0 Å². The Bertz CT molecular complexity index is 781. The van der Waals surface area contributed by atoms with Gasteiger partial charge >= 0.3 is 0 Å². The Morgan fingerprint density at radius 1 is 1.22 bits per heavy atom. The average Bonchev–Trinajstić information content (AvgIpc) is 3.25. The Morgan fingerprint density at radius 2 is 1.84 bits per heavy atom. The van der Waals surface area contributed by atoms with Crippen molar-refractivity contribution in [3.8, 4) is 12.1 Å². The summed E-state index contributed by atoms with van der Waals surface area (Å²) in [4.78, 5) is 19.1. The number of rotatable bonds is 9. The number of carbonyl (C=O) groups is 1. The lowest BCUT2D eigenvalue weighted by molar-refractivity contribution is -0.134. The van der Waals surface area contributed by atoms with Crippen molar-refractivity contribution in [1.82, 2.24) is 14.7 Å². The predicted octanol–water partition coefficient (Wildman–Crippen LogP) is 3.48. The summed E-state index contributed by atoms with van der Waals surface area (Å²) in [7, 11) is 0. The molecule has 7 nitrogen and oxygen atoms in total. The summed E-state index contributed by atoms with van der Waals surface area (Å²) in [6, 6.07) is 11.5. The standard InChI is InChI=1S/C23H34N6O.C2H6/c1-5-11-28(17(3)12-24)23(30)22(26)15-27-14-21(6-2)29(16-27)18(4)20-9-7-19(13-25)8-10-20;1-2/h7-10,17-18,21-22H,5-6,11,14-16,26H2,1-4H3;1-2H3/t17-,18?,21-,22?;/m0./s1. The van der Waals surface area contributed by atoms with E-state index in [-0.39, 0.29) is 11.9 Å². The van der Waals surface area contributed by atoms with Crippen LogP contribution in [0.1, 0.15) is 71.6 Å². The zero-order valence-electron chi connectivity index (χ0n) is 20.6. The first-order valence-electron chi connectivity index (χ1n) is 11.8. The molecule has 4 atom stereocenters. The van der Waals surface area contributed by atoms with E-state index in [1.807, 2.05) is 45.0 Å². The van der Waals surface area contributed by atoms with Crippen LogP contribution in [0.2, 0.25) is 0 Å². The number of hydrogen-bond acceptors (Lipinski definition) is 6. The van der Waals surface area contributed by atoms with Crippen LogP contribution in [0.25, 0.3) is 0 Å². The summed E-state index contributed by atoms with van der Waals surface area (Å²) < 4.78 is 0. The zero-order valence-corrected chi connectivity index (χ0v) is 20.6. The molecule has 2 N–H and O–H groups in total. The Labute approximate surface area is 194 Å². The fraction of sp³-hybridized carbons (Fsp3) is 0.640. The van der Waals surface area contributed by atoms with Crippen LogP contribution in [0.3, 0.4) is 0 Å². The van der Waals surface area contributed by atoms with Gasteiger partial charge in [-0.3, -0.25) is 14.6 Å². The fourth-order valence-corrected chi connectivity index (χ4v) is 4.14. The third kappa shape index (κ3) is 7.03. The van der Waals surface area contributed by atoms with Crippen molar-refractivity contribution in [3.05, 3.63) is 35.4 Å². The molecule has 0 radical (unpaired) electrons. The van der Waals surface area contributed by atoms with E-state index < -0.39 is 12.1 Å². The van der Waals surface area contributed by atoms with E-state index in [2.05, 4.69) is 35.8 Å². The van der Waals surface area contributed by atoms with Crippen molar-refractivity contribution < 1.29 is 4.79 Å². The zero-order chi connectivity index (χ0) is 24.3. The summed E-state index contributed by atoms with van der Waals surface area (Å²) in [5.74, 6) is -0.155. The monoisotopic (exact) mass is 440 g/mol. The lowest BCUT2D eigenvalue weighted by Crippen LogP contribution is -2.52. The van der Waals surface area contributed by atoms with Gasteiger partial charge in [-0.1, -0.05) is 39.8 Å². The highest BCUT2D eigenvalue weighted by molar-refractivity contribution is 5.82. The van der Waals surface area contributed by atoms with E-state index in [1.165, 1.54) is 5.56 Å². The predicted molar refractivity (Wildman–Crippen MR) is 128 cm³/mol. The van der Waals surface area contributed by atoms with E-state index in [9.17, 15) is 10.1 Å². The molecule has 1 aromatic carbocycles. The first-order valence-corrected chi connectivity index (χ1v) is 11.8. The van der Waals surface area contributed by atoms with E-state index in [1.54, 1.807) is 11.8 Å². The number of nitriles is 2. The Kier molecular flexibility index (Phi) is 11.9. The third-order valence-electron chi connectivity index (χ3n) is 5.97. The molecule has 0 spiro atoms. The molecule has 2 unspecified atom stereocenters. The molecule has 1 saturated heterocycles. The van der Waals surface area contributed by atoms with Gasteiger partial charge in [-0.05, 0) is 44.4 Å². The largest absolute Gasteiger partial charge is 0.326 e. The number of hydrogen-bond donors (Lipinski definition) is 1. The summed E-state index contributed by atoms with van der Waals surface area (Å²) in [5.41, 5.74) is 8.11. The quantitative estimate of drug-likeness (QED) is 0.631. The Balaban J connectivity index is 0.00000249. The van der Waals surface area contributed by atoms with Gasteiger partial charge in [0.1, 0.15) is 6.04 Å². The van der Waals surface area contributed by atoms with Crippen LogP contribution in [0.4, 0.5) is 0 Å². The third-order valence-corrected chi connectivity index (χ3v) is 5.97. The van der Waals surface area contributed by atoms with Gasteiger partial charge in [0.05, 0.1) is 30.4 Å². The van der Waals surface area contributed by atoms with Crippen molar-refractivity contribution in [3.63, 3.8) is 0 Å². The normalized spacial score (nSPS) is 19.1. The molecule has 32 heavy (non-hydrogen) atoms. The summed E-state index contributed by atoms with van der Waals surface area (Å²) in [6.07, 6.45) is 1.80. The highest BCUT2D eigenvalue weighted by atomic mass is 16.2. The molecule has 1 aromatic rings. The van der Waals surface area contributed by atoms with Gasteiger partial charge in [-0.15, -0.1) is 0 Å². The van der Waals surface area contributed by atoms with Gasteiger partial charge in [-0.25, -0.2) is 0 Å². The van der Waals surface area contributed by atoms with Crippen LogP contribution in [0, 0.1) is 22.7 Å². The number of amides is 1. The molecule has 1 aliphatic rings. The minimum Gasteiger partial charge on any atom is -0.326 e. The van der Waals surface area contributed by atoms with Crippen molar-refractivity contribution >= 4 is 5.91 Å². The average molecular weight is 441 g/mol. The van der Waals surface area contributed by atoms with Gasteiger partial charge < -0.3 is 10.6 Å². The second-order valence-corrected chi connectivity index (χ2v) is 8.11. The van der Waals surface area contributed by atoms with Gasteiger partial charge in [0.25, 0.3) is 0 Å². The SMILES string of the molecule is CC.CCCN(C(=O)C(N)CN1C[C@H](CC)N(C(C)c2ccc(C#N)cc2)C1)[C@@H](C)C#N. The van der Waals surface area contributed by atoms with Crippen LogP contribution in [-0.4, -0.2) is 65.0 Å². The van der Waals surface area contributed by atoms with Crippen LogP contribution < -0.4 is 5.73 Å². The maximum absolute atomic E-state index is 12.9. The van der Waals surface area contributed by atoms with Crippen molar-refractivity contribution in [2.45, 2.75) is 78.6 Å². The molecular formula is C25H40N6O. The summed E-state index contributed by atoms with van der Waals surface area (Å²) in [6.45, 7) is 14.7. The molecule has 0 aliphatic carbocycles. The molecule has 1 amide bonds. The van der Waals surface area contributed by atoms with Gasteiger partial charge in [-0.2, -0.15) is 10.5 Å². The second kappa shape index (κ2) is 13.9. The smallest absolute Gasteiger partial charge is 0.241 e. The first kappa shape index (κ1) is 27.6. The van der Waals surface area contributed by atoms with Crippen LogP contribution in [-0.2, 0) is 4.79 Å². The number of carbonyl (C=O) groups excluding carboxylic acids is 1.